The minimum Gasteiger partial charge on any atom is -0.461 e. The lowest BCUT2D eigenvalue weighted by molar-refractivity contribution is 0.180. The van der Waals surface area contributed by atoms with Crippen LogP contribution in [-0.2, 0) is 4.74 Å². The van der Waals surface area contributed by atoms with Gasteiger partial charge in [0.05, 0.1) is 5.52 Å². The Labute approximate surface area is 92.4 Å². The molecule has 0 radical (unpaired) electrons. The molecule has 0 spiro atoms. The molecule has 2 atom stereocenters. The van der Waals surface area contributed by atoms with Gasteiger partial charge in [0.2, 0.25) is 6.29 Å². The smallest absolute Gasteiger partial charge is 0.226 e. The fourth-order valence-corrected chi connectivity index (χ4v) is 1.71. The lowest BCUT2D eigenvalue weighted by atomic mass is 10.2. The van der Waals surface area contributed by atoms with Crippen molar-refractivity contribution in [3.8, 4) is 11.8 Å². The van der Waals surface area contributed by atoms with Crippen LogP contribution < -0.4 is 4.74 Å². The van der Waals surface area contributed by atoms with Crippen molar-refractivity contribution in [1.82, 2.24) is 4.98 Å². The number of hydrogen-bond acceptors (Lipinski definition) is 3. The first kappa shape index (κ1) is 9.25. The number of aromatic nitrogens is 1. The number of nitriles is 1. The van der Waals surface area contributed by atoms with E-state index in [0.29, 0.717) is 5.69 Å². The Bertz CT molecular complexity index is 582. The number of rotatable bonds is 2. The van der Waals surface area contributed by atoms with Gasteiger partial charge in [-0.05, 0) is 25.1 Å². The summed E-state index contributed by atoms with van der Waals surface area (Å²) in [6.07, 6.45) is 0.00988. The van der Waals surface area contributed by atoms with E-state index in [1.165, 1.54) is 0 Å². The van der Waals surface area contributed by atoms with E-state index in [-0.39, 0.29) is 12.4 Å². The first-order valence-corrected chi connectivity index (χ1v) is 5.12. The highest BCUT2D eigenvalue weighted by molar-refractivity contribution is 5.87. The molecule has 1 N–H and O–H groups in total. The number of fused-ring (bicyclic) bond motifs is 1. The highest BCUT2D eigenvalue weighted by Gasteiger charge is 2.37. The summed E-state index contributed by atoms with van der Waals surface area (Å²) in [5.74, 6) is 0.754. The average molecular weight is 214 g/mol. The molecule has 1 aliphatic heterocycles. The zero-order chi connectivity index (χ0) is 11.1. The molecule has 0 amide bonds. The fraction of sp³-hybridized carbons (Fsp3) is 0.250. The van der Waals surface area contributed by atoms with Crippen LogP contribution in [-0.4, -0.2) is 17.4 Å². The quantitative estimate of drug-likeness (QED) is 0.779. The Balaban J connectivity index is 2.03. The van der Waals surface area contributed by atoms with E-state index in [0.717, 1.165) is 16.7 Å². The largest absolute Gasteiger partial charge is 0.461 e. The zero-order valence-corrected chi connectivity index (χ0v) is 8.73. The molecule has 16 heavy (non-hydrogen) atoms. The second kappa shape index (κ2) is 3.26. The maximum Gasteiger partial charge on any atom is 0.226 e. The van der Waals surface area contributed by atoms with Crippen molar-refractivity contribution in [3.63, 3.8) is 0 Å². The van der Waals surface area contributed by atoms with E-state index in [9.17, 15) is 0 Å². The first-order chi connectivity index (χ1) is 7.78. The van der Waals surface area contributed by atoms with E-state index in [4.69, 9.17) is 14.7 Å². The molecule has 2 heterocycles. The summed E-state index contributed by atoms with van der Waals surface area (Å²) < 4.78 is 10.9. The number of H-pyrrole nitrogens is 1. The fourth-order valence-electron chi connectivity index (χ4n) is 1.71. The van der Waals surface area contributed by atoms with Gasteiger partial charge in [-0.15, -0.1) is 0 Å². The number of nitrogens with one attached hydrogen (secondary N) is 1. The maximum absolute atomic E-state index is 8.82. The number of hydrogen-bond donors (Lipinski definition) is 1. The molecule has 2 aromatic rings. The number of nitrogens with zero attached hydrogens (tertiary/aromatic N) is 1. The standard InChI is InChI=1S/C12H10N2O2/c1-7-12(15-7)16-11-4-2-3-10-9(11)5-8(6-13)14-10/h2-5,7,12,14H,1H3. The van der Waals surface area contributed by atoms with Gasteiger partial charge in [-0.25, -0.2) is 0 Å². The normalized spacial score (nSPS) is 23.0. The van der Waals surface area contributed by atoms with Gasteiger partial charge in [0, 0.05) is 5.39 Å². The van der Waals surface area contributed by atoms with Crippen LogP contribution in [0.3, 0.4) is 0 Å². The summed E-state index contributed by atoms with van der Waals surface area (Å²) in [4.78, 5) is 3.01. The lowest BCUT2D eigenvalue weighted by Crippen LogP contribution is -2.00. The Morgan fingerprint density at radius 3 is 3.00 bits per heavy atom. The van der Waals surface area contributed by atoms with Gasteiger partial charge >= 0.3 is 0 Å². The molecule has 1 saturated heterocycles. The highest BCUT2D eigenvalue weighted by atomic mass is 16.8. The molecule has 1 aliphatic rings. The Morgan fingerprint density at radius 1 is 1.50 bits per heavy atom. The Hall–Kier alpha value is -1.99. The van der Waals surface area contributed by atoms with Crippen molar-refractivity contribution in [1.29, 1.82) is 5.26 Å². The second-order valence-corrected chi connectivity index (χ2v) is 3.84. The first-order valence-electron chi connectivity index (χ1n) is 5.12. The highest BCUT2D eigenvalue weighted by Crippen LogP contribution is 2.31. The predicted molar refractivity (Wildman–Crippen MR) is 58.0 cm³/mol. The molecule has 4 heteroatoms. The van der Waals surface area contributed by atoms with E-state index < -0.39 is 0 Å². The third-order valence-corrected chi connectivity index (χ3v) is 2.64. The van der Waals surface area contributed by atoms with Gasteiger partial charge in [-0.3, -0.25) is 0 Å². The molecule has 0 aliphatic carbocycles. The zero-order valence-electron chi connectivity index (χ0n) is 8.73. The van der Waals surface area contributed by atoms with Crippen molar-refractivity contribution < 1.29 is 9.47 Å². The summed E-state index contributed by atoms with van der Waals surface area (Å²) >= 11 is 0. The van der Waals surface area contributed by atoms with Crippen LogP contribution >= 0.6 is 0 Å². The molecule has 80 valence electrons. The van der Waals surface area contributed by atoms with Crippen molar-refractivity contribution in [2.45, 2.75) is 19.3 Å². The molecule has 0 saturated carbocycles. The summed E-state index contributed by atoms with van der Waals surface area (Å²) in [7, 11) is 0. The van der Waals surface area contributed by atoms with E-state index in [2.05, 4.69) is 11.1 Å². The Kier molecular flexibility index (Phi) is 1.88. The SMILES string of the molecule is CC1OC1Oc1cccc2[nH]c(C#N)cc12. The predicted octanol–water partition coefficient (Wildman–Crippen LogP) is 2.16. The number of ether oxygens (including phenoxy) is 2. The van der Waals surface area contributed by atoms with Gasteiger partial charge in [-0.2, -0.15) is 5.26 Å². The molecule has 1 fully saturated rings. The number of benzene rings is 1. The van der Waals surface area contributed by atoms with Crippen molar-refractivity contribution in [2.24, 2.45) is 0 Å². The third-order valence-electron chi connectivity index (χ3n) is 2.64. The topological polar surface area (TPSA) is 61.3 Å². The van der Waals surface area contributed by atoms with Crippen LogP contribution in [0.25, 0.3) is 10.9 Å². The molecular formula is C12H10N2O2. The number of epoxide rings is 1. The van der Waals surface area contributed by atoms with Gasteiger partial charge < -0.3 is 14.5 Å². The van der Waals surface area contributed by atoms with E-state index in [1.54, 1.807) is 6.07 Å². The maximum atomic E-state index is 8.82. The van der Waals surface area contributed by atoms with Crippen LogP contribution in [0, 0.1) is 11.3 Å². The molecule has 1 aromatic heterocycles. The van der Waals surface area contributed by atoms with Gasteiger partial charge in [-0.1, -0.05) is 6.07 Å². The minimum atomic E-state index is -0.147. The molecule has 2 unspecified atom stereocenters. The van der Waals surface area contributed by atoms with Crippen LogP contribution in [0.2, 0.25) is 0 Å². The summed E-state index contributed by atoms with van der Waals surface area (Å²) in [5, 5.41) is 9.74. The monoisotopic (exact) mass is 214 g/mol. The summed E-state index contributed by atoms with van der Waals surface area (Å²) in [6, 6.07) is 9.56. The van der Waals surface area contributed by atoms with Crippen molar-refractivity contribution in [2.75, 3.05) is 0 Å². The molecular weight excluding hydrogens is 204 g/mol. The van der Waals surface area contributed by atoms with Crippen LogP contribution in [0.15, 0.2) is 24.3 Å². The van der Waals surface area contributed by atoms with E-state index >= 15 is 0 Å². The Morgan fingerprint density at radius 2 is 2.31 bits per heavy atom. The van der Waals surface area contributed by atoms with Gasteiger partial charge in [0.1, 0.15) is 23.6 Å². The molecule has 4 nitrogen and oxygen atoms in total. The van der Waals surface area contributed by atoms with Crippen molar-refractivity contribution >= 4 is 10.9 Å². The average Bonchev–Trinajstić information content (AvgIpc) is 2.82. The van der Waals surface area contributed by atoms with Crippen molar-refractivity contribution in [3.05, 3.63) is 30.0 Å². The van der Waals surface area contributed by atoms with Crippen LogP contribution in [0.5, 0.6) is 5.75 Å². The van der Waals surface area contributed by atoms with Gasteiger partial charge in [0.25, 0.3) is 0 Å². The molecule has 3 rings (SSSR count). The van der Waals surface area contributed by atoms with Crippen LogP contribution in [0.4, 0.5) is 0 Å². The summed E-state index contributed by atoms with van der Waals surface area (Å²) in [6.45, 7) is 1.96. The van der Waals surface area contributed by atoms with Crippen LogP contribution in [0.1, 0.15) is 12.6 Å². The number of aromatic amines is 1. The third kappa shape index (κ3) is 1.42. The minimum absolute atomic E-state index is 0.147. The lowest BCUT2D eigenvalue weighted by Gasteiger charge is -2.03. The second-order valence-electron chi connectivity index (χ2n) is 3.84. The summed E-state index contributed by atoms with van der Waals surface area (Å²) in [5.41, 5.74) is 1.44. The van der Waals surface area contributed by atoms with E-state index in [1.807, 2.05) is 25.1 Å². The molecule has 1 aromatic carbocycles. The molecule has 0 bridgehead atoms. The van der Waals surface area contributed by atoms with Gasteiger partial charge in [0.15, 0.2) is 0 Å².